The number of nitrogens with zero attached hydrogens (tertiary/aromatic N) is 1. The van der Waals surface area contributed by atoms with Crippen molar-refractivity contribution in [1.29, 1.82) is 0 Å². The monoisotopic (exact) mass is 241 g/mol. The molecule has 5 heteroatoms. The van der Waals surface area contributed by atoms with E-state index in [9.17, 15) is 4.79 Å². The van der Waals surface area contributed by atoms with Crippen LogP contribution in [0.25, 0.3) is 0 Å². The first-order valence-electron chi connectivity index (χ1n) is 5.01. The Balaban J connectivity index is 2.65. The highest BCUT2D eigenvalue weighted by molar-refractivity contribution is 6.31. The molecular formula is C11H16ClN3O. The topological polar surface area (TPSA) is 58.4 Å². The van der Waals surface area contributed by atoms with E-state index in [4.69, 9.17) is 17.3 Å². The number of benzene rings is 1. The third kappa shape index (κ3) is 3.31. The van der Waals surface area contributed by atoms with Crippen LogP contribution in [-0.2, 0) is 4.79 Å². The van der Waals surface area contributed by atoms with Gasteiger partial charge in [0.25, 0.3) is 0 Å². The first kappa shape index (κ1) is 12.6. The fraction of sp³-hybridized carbons (Fsp3) is 0.364. The molecular weight excluding hydrogens is 226 g/mol. The Morgan fingerprint density at radius 2 is 2.25 bits per heavy atom. The van der Waals surface area contributed by atoms with Gasteiger partial charge in [-0.15, -0.1) is 0 Å². The van der Waals surface area contributed by atoms with Crippen LogP contribution in [0.4, 0.5) is 11.4 Å². The van der Waals surface area contributed by atoms with Crippen molar-refractivity contribution in [3.63, 3.8) is 0 Å². The third-order valence-corrected chi connectivity index (χ3v) is 2.59. The molecule has 0 unspecified atom stereocenters. The molecule has 3 N–H and O–H groups in total. The fourth-order valence-corrected chi connectivity index (χ4v) is 1.57. The van der Waals surface area contributed by atoms with Crippen molar-refractivity contribution in [2.24, 2.45) is 0 Å². The lowest BCUT2D eigenvalue weighted by Gasteiger charge is -2.20. The molecule has 1 aromatic carbocycles. The molecule has 1 rings (SSSR count). The number of nitrogen functional groups attached to an aromatic ring is 1. The van der Waals surface area contributed by atoms with Crippen molar-refractivity contribution in [3.05, 3.63) is 23.2 Å². The summed E-state index contributed by atoms with van der Waals surface area (Å²) in [7, 11) is 3.52. The minimum atomic E-state index is 0.0133. The molecule has 0 spiro atoms. The van der Waals surface area contributed by atoms with Gasteiger partial charge in [0.2, 0.25) is 5.91 Å². The number of carbonyl (C=O) groups is 1. The van der Waals surface area contributed by atoms with Gasteiger partial charge in [-0.05, 0) is 18.2 Å². The van der Waals surface area contributed by atoms with E-state index >= 15 is 0 Å². The molecule has 1 aromatic rings. The molecule has 0 saturated heterocycles. The lowest BCUT2D eigenvalue weighted by molar-refractivity contribution is -0.120. The molecule has 4 nitrogen and oxygen atoms in total. The Labute approximate surface area is 100 Å². The maximum absolute atomic E-state index is 11.1. The highest BCUT2D eigenvalue weighted by Crippen LogP contribution is 2.25. The molecule has 0 fully saturated rings. The summed E-state index contributed by atoms with van der Waals surface area (Å²) in [5.74, 6) is 0.0133. The molecule has 88 valence electrons. The SMILES string of the molecule is CNC(=O)CCN(C)c1ccc(Cl)cc1N. The average molecular weight is 242 g/mol. The zero-order valence-corrected chi connectivity index (χ0v) is 10.2. The predicted octanol–water partition coefficient (Wildman–Crippen LogP) is 1.49. The molecule has 0 atom stereocenters. The van der Waals surface area contributed by atoms with Crippen molar-refractivity contribution >= 4 is 28.9 Å². The van der Waals surface area contributed by atoms with Crippen LogP contribution < -0.4 is 16.0 Å². The number of amides is 1. The third-order valence-electron chi connectivity index (χ3n) is 2.35. The molecule has 0 aliphatic carbocycles. The minimum Gasteiger partial charge on any atom is -0.397 e. The molecule has 0 aromatic heterocycles. The van der Waals surface area contributed by atoms with Gasteiger partial charge in [0.15, 0.2) is 0 Å². The van der Waals surface area contributed by atoms with E-state index in [1.807, 2.05) is 18.0 Å². The Morgan fingerprint density at radius 3 is 2.81 bits per heavy atom. The van der Waals surface area contributed by atoms with E-state index in [2.05, 4.69) is 5.32 Å². The predicted molar refractivity (Wildman–Crippen MR) is 67.8 cm³/mol. The van der Waals surface area contributed by atoms with Crippen LogP contribution in [-0.4, -0.2) is 26.5 Å². The van der Waals surface area contributed by atoms with Gasteiger partial charge in [-0.1, -0.05) is 11.6 Å². The largest absolute Gasteiger partial charge is 0.397 e. The van der Waals surface area contributed by atoms with Crippen LogP contribution in [0.1, 0.15) is 6.42 Å². The molecule has 16 heavy (non-hydrogen) atoms. The summed E-state index contributed by atoms with van der Waals surface area (Å²) < 4.78 is 0. The standard InChI is InChI=1S/C11H16ClN3O/c1-14-11(16)5-6-15(2)10-4-3-8(12)7-9(10)13/h3-4,7H,5-6,13H2,1-2H3,(H,14,16). The fourth-order valence-electron chi connectivity index (χ4n) is 1.39. The highest BCUT2D eigenvalue weighted by Gasteiger charge is 2.07. The first-order valence-corrected chi connectivity index (χ1v) is 5.39. The number of hydrogen-bond donors (Lipinski definition) is 2. The van der Waals surface area contributed by atoms with Gasteiger partial charge < -0.3 is 16.0 Å². The van der Waals surface area contributed by atoms with E-state index in [1.165, 1.54) is 0 Å². The number of rotatable bonds is 4. The van der Waals surface area contributed by atoms with Crippen LogP contribution in [0.3, 0.4) is 0 Å². The van der Waals surface area contributed by atoms with E-state index in [-0.39, 0.29) is 5.91 Å². The second-order valence-electron chi connectivity index (χ2n) is 3.55. The molecule has 0 bridgehead atoms. The Bertz CT molecular complexity index is 381. The van der Waals surface area contributed by atoms with Crippen LogP contribution >= 0.6 is 11.6 Å². The summed E-state index contributed by atoms with van der Waals surface area (Å²) in [6.07, 6.45) is 0.440. The zero-order chi connectivity index (χ0) is 12.1. The number of anilines is 2. The maximum atomic E-state index is 11.1. The van der Waals surface area contributed by atoms with Crippen LogP contribution in [0, 0.1) is 0 Å². The molecule has 0 aliphatic rings. The molecule has 0 heterocycles. The summed E-state index contributed by atoms with van der Waals surface area (Å²) in [4.78, 5) is 13.0. The van der Waals surface area contributed by atoms with E-state index in [0.29, 0.717) is 23.7 Å². The summed E-state index contributed by atoms with van der Waals surface area (Å²) in [5, 5.41) is 3.19. The smallest absolute Gasteiger partial charge is 0.221 e. The summed E-state index contributed by atoms with van der Waals surface area (Å²) in [6.45, 7) is 0.617. The Morgan fingerprint density at radius 1 is 1.56 bits per heavy atom. The number of nitrogens with two attached hydrogens (primary N) is 1. The number of hydrogen-bond acceptors (Lipinski definition) is 3. The summed E-state index contributed by atoms with van der Waals surface area (Å²) >= 11 is 5.81. The van der Waals surface area contributed by atoms with E-state index in [1.54, 1.807) is 19.2 Å². The van der Waals surface area contributed by atoms with E-state index < -0.39 is 0 Å². The van der Waals surface area contributed by atoms with Crippen molar-refractivity contribution < 1.29 is 4.79 Å². The van der Waals surface area contributed by atoms with Crippen molar-refractivity contribution in [2.75, 3.05) is 31.3 Å². The van der Waals surface area contributed by atoms with Gasteiger partial charge in [-0.3, -0.25) is 4.79 Å². The minimum absolute atomic E-state index is 0.0133. The lowest BCUT2D eigenvalue weighted by Crippen LogP contribution is -2.26. The number of halogens is 1. The van der Waals surface area contributed by atoms with Gasteiger partial charge in [-0.25, -0.2) is 0 Å². The second kappa shape index (κ2) is 5.61. The summed E-state index contributed by atoms with van der Waals surface area (Å²) in [6, 6.07) is 5.33. The van der Waals surface area contributed by atoms with Crippen molar-refractivity contribution in [2.45, 2.75) is 6.42 Å². The van der Waals surface area contributed by atoms with Gasteiger partial charge in [0.05, 0.1) is 11.4 Å². The highest BCUT2D eigenvalue weighted by atomic mass is 35.5. The van der Waals surface area contributed by atoms with Gasteiger partial charge in [-0.2, -0.15) is 0 Å². The normalized spacial score (nSPS) is 9.94. The molecule has 1 amide bonds. The summed E-state index contributed by atoms with van der Waals surface area (Å²) in [5.41, 5.74) is 7.33. The second-order valence-corrected chi connectivity index (χ2v) is 3.98. The van der Waals surface area contributed by atoms with Crippen molar-refractivity contribution in [1.82, 2.24) is 5.32 Å². The van der Waals surface area contributed by atoms with Gasteiger partial charge >= 0.3 is 0 Å². The van der Waals surface area contributed by atoms with Gasteiger partial charge in [0, 0.05) is 32.1 Å². The zero-order valence-electron chi connectivity index (χ0n) is 9.46. The Hall–Kier alpha value is -1.42. The lowest BCUT2D eigenvalue weighted by atomic mass is 10.2. The number of nitrogens with one attached hydrogen (secondary N) is 1. The van der Waals surface area contributed by atoms with E-state index in [0.717, 1.165) is 5.69 Å². The van der Waals surface area contributed by atoms with Crippen LogP contribution in [0.2, 0.25) is 5.02 Å². The van der Waals surface area contributed by atoms with Crippen molar-refractivity contribution in [3.8, 4) is 0 Å². The van der Waals surface area contributed by atoms with Gasteiger partial charge in [0.1, 0.15) is 0 Å². The van der Waals surface area contributed by atoms with Crippen LogP contribution in [0.15, 0.2) is 18.2 Å². The molecule has 0 saturated carbocycles. The molecule has 0 aliphatic heterocycles. The Kier molecular flexibility index (Phi) is 4.43. The quantitative estimate of drug-likeness (QED) is 0.786. The first-order chi connectivity index (χ1) is 7.54. The maximum Gasteiger partial charge on any atom is 0.221 e. The number of carbonyl (C=O) groups excluding carboxylic acids is 1. The molecule has 0 radical (unpaired) electrons. The van der Waals surface area contributed by atoms with Crippen LogP contribution in [0.5, 0.6) is 0 Å². The average Bonchev–Trinajstić information content (AvgIpc) is 2.25.